The predicted molar refractivity (Wildman–Crippen MR) is 111 cm³/mol. The van der Waals surface area contributed by atoms with Crippen molar-refractivity contribution in [3.8, 4) is 0 Å². The molecule has 1 heterocycles. The van der Waals surface area contributed by atoms with E-state index in [9.17, 15) is 9.59 Å². The van der Waals surface area contributed by atoms with Gasteiger partial charge in [0.05, 0.1) is 12.6 Å². The van der Waals surface area contributed by atoms with Crippen LogP contribution in [0.5, 0.6) is 0 Å². The average molecular weight is 380 g/mol. The molecule has 1 fully saturated rings. The molecule has 6 heteroatoms. The number of hydrogen-bond donors (Lipinski definition) is 2. The summed E-state index contributed by atoms with van der Waals surface area (Å²) in [6.45, 7) is 6.09. The van der Waals surface area contributed by atoms with Crippen molar-refractivity contribution in [1.82, 2.24) is 15.1 Å². The summed E-state index contributed by atoms with van der Waals surface area (Å²) in [4.78, 5) is 29.0. The Bertz CT molecular complexity index is 803. The first kappa shape index (κ1) is 20.0. The van der Waals surface area contributed by atoms with Gasteiger partial charge in [-0.05, 0) is 36.8 Å². The van der Waals surface area contributed by atoms with Gasteiger partial charge in [-0.1, -0.05) is 30.3 Å². The zero-order chi connectivity index (χ0) is 19.9. The molecule has 1 aliphatic rings. The van der Waals surface area contributed by atoms with Gasteiger partial charge in [0, 0.05) is 44.5 Å². The van der Waals surface area contributed by atoms with Crippen LogP contribution in [-0.2, 0) is 4.79 Å². The van der Waals surface area contributed by atoms with Crippen LogP contribution < -0.4 is 10.6 Å². The summed E-state index contributed by atoms with van der Waals surface area (Å²) in [5.74, 6) is -0.0401. The molecule has 2 aromatic carbocycles. The van der Waals surface area contributed by atoms with E-state index in [0.717, 1.165) is 37.4 Å². The summed E-state index contributed by atoms with van der Waals surface area (Å²) in [6, 6.07) is 16.7. The highest BCUT2D eigenvalue weighted by Gasteiger charge is 2.21. The Morgan fingerprint density at radius 1 is 1.11 bits per heavy atom. The Kier molecular flexibility index (Phi) is 6.79. The van der Waals surface area contributed by atoms with E-state index < -0.39 is 0 Å². The van der Waals surface area contributed by atoms with Crippen molar-refractivity contribution in [2.75, 3.05) is 45.1 Å². The number of piperazine rings is 1. The molecule has 1 atom stereocenters. The Morgan fingerprint density at radius 3 is 2.54 bits per heavy atom. The van der Waals surface area contributed by atoms with Crippen LogP contribution in [0.4, 0.5) is 5.69 Å². The Balaban J connectivity index is 1.63. The van der Waals surface area contributed by atoms with Gasteiger partial charge in [0.2, 0.25) is 5.91 Å². The van der Waals surface area contributed by atoms with E-state index in [1.165, 1.54) is 0 Å². The van der Waals surface area contributed by atoms with Crippen LogP contribution in [0, 0.1) is 0 Å². The van der Waals surface area contributed by atoms with Gasteiger partial charge in [-0.15, -0.1) is 0 Å². The van der Waals surface area contributed by atoms with Crippen molar-refractivity contribution in [1.29, 1.82) is 0 Å². The molecule has 6 nitrogen and oxygen atoms in total. The summed E-state index contributed by atoms with van der Waals surface area (Å²) in [5, 5.41) is 6.23. The van der Waals surface area contributed by atoms with Crippen LogP contribution in [-0.4, -0.2) is 61.4 Å². The van der Waals surface area contributed by atoms with Gasteiger partial charge in [-0.2, -0.15) is 0 Å². The molecule has 28 heavy (non-hydrogen) atoms. The molecule has 2 N–H and O–H groups in total. The summed E-state index contributed by atoms with van der Waals surface area (Å²) in [5.41, 5.74) is 2.33. The highest BCUT2D eigenvalue weighted by molar-refractivity contribution is 6.04. The standard InChI is InChI=1S/C22H28N4O2/c1-17(25(2)21(27)16-26-13-11-23-12-14-26)19-9-6-10-20(15-19)24-22(28)18-7-4-3-5-8-18/h3-10,15,17,23H,11-14,16H2,1-2H3,(H,24,28). The first-order valence-electron chi connectivity index (χ1n) is 9.69. The zero-order valence-electron chi connectivity index (χ0n) is 16.5. The number of nitrogens with one attached hydrogen (secondary N) is 2. The molecule has 1 aliphatic heterocycles. The second-order valence-electron chi connectivity index (χ2n) is 7.15. The SMILES string of the molecule is CC(c1cccc(NC(=O)c2ccccc2)c1)N(C)C(=O)CN1CCNCC1. The van der Waals surface area contributed by atoms with Gasteiger partial charge in [-0.3, -0.25) is 14.5 Å². The van der Waals surface area contributed by atoms with Crippen LogP contribution in [0.2, 0.25) is 0 Å². The van der Waals surface area contributed by atoms with Crippen LogP contribution in [0.25, 0.3) is 0 Å². The summed E-state index contributed by atoms with van der Waals surface area (Å²) < 4.78 is 0. The zero-order valence-corrected chi connectivity index (χ0v) is 16.5. The number of benzene rings is 2. The van der Waals surface area contributed by atoms with E-state index in [1.54, 1.807) is 17.0 Å². The molecule has 1 saturated heterocycles. The maximum absolute atomic E-state index is 12.7. The molecular formula is C22H28N4O2. The number of hydrogen-bond acceptors (Lipinski definition) is 4. The average Bonchev–Trinajstić information content (AvgIpc) is 2.74. The van der Waals surface area contributed by atoms with Crippen molar-refractivity contribution in [3.63, 3.8) is 0 Å². The molecule has 0 radical (unpaired) electrons. The van der Waals surface area contributed by atoms with Gasteiger partial charge in [0.25, 0.3) is 5.91 Å². The van der Waals surface area contributed by atoms with Gasteiger partial charge in [0.15, 0.2) is 0 Å². The van der Waals surface area contributed by atoms with Crippen LogP contribution >= 0.6 is 0 Å². The number of amides is 2. The molecule has 2 aromatic rings. The highest BCUT2D eigenvalue weighted by Crippen LogP contribution is 2.22. The molecular weight excluding hydrogens is 352 g/mol. The lowest BCUT2D eigenvalue weighted by molar-refractivity contribution is -0.133. The minimum atomic E-state index is -0.145. The van der Waals surface area contributed by atoms with E-state index in [-0.39, 0.29) is 17.9 Å². The quantitative estimate of drug-likeness (QED) is 0.808. The summed E-state index contributed by atoms with van der Waals surface area (Å²) in [6.07, 6.45) is 0. The first-order chi connectivity index (χ1) is 13.5. The van der Waals surface area contributed by atoms with Gasteiger partial charge < -0.3 is 15.5 Å². The smallest absolute Gasteiger partial charge is 0.255 e. The molecule has 0 spiro atoms. The maximum atomic E-state index is 12.7. The number of likely N-dealkylation sites (N-methyl/N-ethyl adjacent to an activating group) is 1. The molecule has 2 amide bonds. The Morgan fingerprint density at radius 2 is 1.82 bits per heavy atom. The van der Waals surface area contributed by atoms with Crippen LogP contribution in [0.3, 0.4) is 0 Å². The second-order valence-corrected chi connectivity index (χ2v) is 7.15. The topological polar surface area (TPSA) is 64.7 Å². The minimum absolute atomic E-state index is 0.0796. The highest BCUT2D eigenvalue weighted by atomic mass is 16.2. The Labute approximate surface area is 166 Å². The third-order valence-electron chi connectivity index (χ3n) is 5.21. The lowest BCUT2D eigenvalue weighted by atomic mass is 10.1. The monoisotopic (exact) mass is 380 g/mol. The Hall–Kier alpha value is -2.70. The van der Waals surface area contributed by atoms with Crippen LogP contribution in [0.15, 0.2) is 54.6 Å². The fourth-order valence-corrected chi connectivity index (χ4v) is 3.28. The van der Waals surface area contributed by atoms with Crippen molar-refractivity contribution in [3.05, 3.63) is 65.7 Å². The van der Waals surface area contributed by atoms with E-state index in [4.69, 9.17) is 0 Å². The number of anilines is 1. The molecule has 148 valence electrons. The van der Waals surface area contributed by atoms with Crippen molar-refractivity contribution >= 4 is 17.5 Å². The second kappa shape index (κ2) is 9.48. The van der Waals surface area contributed by atoms with Crippen molar-refractivity contribution in [2.45, 2.75) is 13.0 Å². The normalized spacial score (nSPS) is 15.6. The molecule has 0 aliphatic carbocycles. The van der Waals surface area contributed by atoms with E-state index >= 15 is 0 Å². The third kappa shape index (κ3) is 5.18. The van der Waals surface area contributed by atoms with E-state index in [1.807, 2.05) is 56.4 Å². The van der Waals surface area contributed by atoms with Gasteiger partial charge in [-0.25, -0.2) is 0 Å². The fourth-order valence-electron chi connectivity index (χ4n) is 3.28. The number of carbonyl (C=O) groups is 2. The van der Waals surface area contributed by atoms with Gasteiger partial charge >= 0.3 is 0 Å². The lowest BCUT2D eigenvalue weighted by Crippen LogP contribution is -2.48. The van der Waals surface area contributed by atoms with Crippen molar-refractivity contribution in [2.24, 2.45) is 0 Å². The lowest BCUT2D eigenvalue weighted by Gasteiger charge is -2.31. The van der Waals surface area contributed by atoms with Crippen LogP contribution in [0.1, 0.15) is 28.9 Å². The molecule has 0 saturated carbocycles. The number of rotatable bonds is 6. The maximum Gasteiger partial charge on any atom is 0.255 e. The molecule has 1 unspecified atom stereocenters. The largest absolute Gasteiger partial charge is 0.338 e. The summed E-state index contributed by atoms with van der Waals surface area (Å²) >= 11 is 0. The third-order valence-corrected chi connectivity index (χ3v) is 5.21. The fraction of sp³-hybridized carbons (Fsp3) is 0.364. The number of nitrogens with zero attached hydrogens (tertiary/aromatic N) is 2. The summed E-state index contributed by atoms with van der Waals surface area (Å²) in [7, 11) is 1.84. The van der Waals surface area contributed by atoms with Gasteiger partial charge in [0.1, 0.15) is 0 Å². The predicted octanol–water partition coefficient (Wildman–Crippen LogP) is 2.36. The molecule has 0 aromatic heterocycles. The van der Waals surface area contributed by atoms with Crippen molar-refractivity contribution < 1.29 is 9.59 Å². The van der Waals surface area contributed by atoms with E-state index in [2.05, 4.69) is 15.5 Å². The molecule has 3 rings (SSSR count). The number of carbonyl (C=O) groups excluding carboxylic acids is 2. The van der Waals surface area contributed by atoms with E-state index in [0.29, 0.717) is 12.1 Å². The molecule has 0 bridgehead atoms. The first-order valence-corrected chi connectivity index (χ1v) is 9.69. The minimum Gasteiger partial charge on any atom is -0.338 e.